The number of aliphatic hydroxyl groups excluding tert-OH is 1. The number of allylic oxidation sites excluding steroid dienone is 2. The monoisotopic (exact) mass is 458 g/mol. The summed E-state index contributed by atoms with van der Waals surface area (Å²) in [5.74, 6) is -0.908. The number of nitrogens with zero attached hydrogens (tertiary/aromatic N) is 1. The molecule has 0 aromatic heterocycles. The summed E-state index contributed by atoms with van der Waals surface area (Å²) in [5, 5.41) is 24.8. The SMILES string of the molecule is CCCCCCCC(=O)N/N=C/CC1CC(O)C(C)C/C=C/Cc2cccc(O)c2C(=O)O1. The molecule has 0 bridgehead atoms. The number of aromatic hydroxyl groups is 1. The maximum atomic E-state index is 12.9. The van der Waals surface area contributed by atoms with Crippen LogP contribution >= 0.6 is 0 Å². The van der Waals surface area contributed by atoms with E-state index < -0.39 is 18.2 Å². The topological polar surface area (TPSA) is 108 Å². The van der Waals surface area contributed by atoms with Gasteiger partial charge in [0.2, 0.25) is 5.91 Å². The van der Waals surface area contributed by atoms with Crippen molar-refractivity contribution >= 4 is 18.1 Å². The number of hydrogen-bond donors (Lipinski definition) is 3. The number of phenolic OH excluding ortho intramolecular Hbond substituents is 1. The highest BCUT2D eigenvalue weighted by Gasteiger charge is 2.25. The van der Waals surface area contributed by atoms with Crippen molar-refractivity contribution < 1.29 is 24.5 Å². The van der Waals surface area contributed by atoms with E-state index in [-0.39, 0.29) is 36.0 Å². The number of hydrazone groups is 1. The lowest BCUT2D eigenvalue weighted by molar-refractivity contribution is -0.121. The number of cyclic esters (lactones) is 1. The molecule has 0 fully saturated rings. The molecule has 3 N–H and O–H groups in total. The number of aliphatic hydroxyl groups is 1. The van der Waals surface area contributed by atoms with Crippen LogP contribution in [0.15, 0.2) is 35.5 Å². The molecule has 1 aromatic carbocycles. The summed E-state index contributed by atoms with van der Waals surface area (Å²) in [6, 6.07) is 4.95. The minimum atomic E-state index is -0.665. The summed E-state index contributed by atoms with van der Waals surface area (Å²) in [7, 11) is 0. The summed E-state index contributed by atoms with van der Waals surface area (Å²) in [5.41, 5.74) is 3.34. The molecule has 0 saturated heterocycles. The van der Waals surface area contributed by atoms with Crippen LogP contribution in [0.1, 0.15) is 87.6 Å². The van der Waals surface area contributed by atoms with Crippen molar-refractivity contribution in [3.63, 3.8) is 0 Å². The Hall–Kier alpha value is -2.67. The Morgan fingerprint density at radius 1 is 1.24 bits per heavy atom. The molecule has 1 amide bonds. The fourth-order valence-electron chi connectivity index (χ4n) is 3.81. The van der Waals surface area contributed by atoms with Gasteiger partial charge in [-0.2, -0.15) is 5.10 Å². The number of fused-ring (bicyclic) bond motifs is 1. The second-order valence-corrected chi connectivity index (χ2v) is 8.78. The Morgan fingerprint density at radius 2 is 2.03 bits per heavy atom. The van der Waals surface area contributed by atoms with Crippen LogP contribution in [-0.4, -0.2) is 40.5 Å². The van der Waals surface area contributed by atoms with Crippen molar-refractivity contribution in [3.05, 3.63) is 41.5 Å². The first-order chi connectivity index (χ1) is 15.9. The number of amides is 1. The van der Waals surface area contributed by atoms with E-state index in [0.29, 0.717) is 24.8 Å². The molecule has 1 heterocycles. The van der Waals surface area contributed by atoms with Gasteiger partial charge in [0.1, 0.15) is 17.4 Å². The van der Waals surface area contributed by atoms with E-state index in [0.717, 1.165) is 25.7 Å². The zero-order valence-electron chi connectivity index (χ0n) is 19.8. The normalized spacial score (nSPS) is 22.6. The van der Waals surface area contributed by atoms with Gasteiger partial charge in [-0.15, -0.1) is 0 Å². The first-order valence-electron chi connectivity index (χ1n) is 12.1. The number of ether oxygens (including phenoxy) is 1. The van der Waals surface area contributed by atoms with E-state index in [2.05, 4.69) is 17.5 Å². The lowest BCUT2D eigenvalue weighted by Crippen LogP contribution is -2.29. The average molecular weight is 459 g/mol. The number of carbonyl (C=O) groups excluding carboxylic acids is 2. The predicted molar refractivity (Wildman–Crippen MR) is 129 cm³/mol. The summed E-state index contributed by atoms with van der Waals surface area (Å²) < 4.78 is 5.67. The van der Waals surface area contributed by atoms with Crippen molar-refractivity contribution in [2.75, 3.05) is 0 Å². The number of nitrogens with one attached hydrogen (secondary N) is 1. The maximum Gasteiger partial charge on any atom is 0.342 e. The van der Waals surface area contributed by atoms with E-state index in [4.69, 9.17) is 4.74 Å². The number of esters is 1. The van der Waals surface area contributed by atoms with Gasteiger partial charge in [0.25, 0.3) is 0 Å². The van der Waals surface area contributed by atoms with Crippen LogP contribution < -0.4 is 5.43 Å². The van der Waals surface area contributed by atoms with Crippen molar-refractivity contribution in [2.24, 2.45) is 11.0 Å². The Kier molecular flexibility index (Phi) is 11.7. The van der Waals surface area contributed by atoms with Crippen LogP contribution in [0.3, 0.4) is 0 Å². The summed E-state index contributed by atoms with van der Waals surface area (Å²) >= 11 is 0. The highest BCUT2D eigenvalue weighted by molar-refractivity contribution is 5.94. The molecule has 3 atom stereocenters. The Morgan fingerprint density at radius 3 is 2.82 bits per heavy atom. The fraction of sp³-hybridized carbons (Fsp3) is 0.577. The van der Waals surface area contributed by atoms with Gasteiger partial charge in [0, 0.05) is 25.5 Å². The lowest BCUT2D eigenvalue weighted by atomic mass is 9.94. The molecule has 1 aromatic rings. The van der Waals surface area contributed by atoms with Gasteiger partial charge in [-0.05, 0) is 36.8 Å². The lowest BCUT2D eigenvalue weighted by Gasteiger charge is -2.24. The molecule has 1 aliphatic rings. The number of hydrogen-bond acceptors (Lipinski definition) is 6. The molecule has 7 nitrogen and oxygen atoms in total. The van der Waals surface area contributed by atoms with E-state index in [1.54, 1.807) is 12.1 Å². The molecular weight excluding hydrogens is 420 g/mol. The number of phenols is 1. The third-order valence-electron chi connectivity index (χ3n) is 5.94. The van der Waals surface area contributed by atoms with E-state index in [9.17, 15) is 19.8 Å². The van der Waals surface area contributed by atoms with Gasteiger partial charge < -0.3 is 14.9 Å². The third kappa shape index (κ3) is 9.38. The highest BCUT2D eigenvalue weighted by Crippen LogP contribution is 2.26. The van der Waals surface area contributed by atoms with Crippen LogP contribution in [0.25, 0.3) is 0 Å². The first-order valence-corrected chi connectivity index (χ1v) is 12.1. The zero-order valence-corrected chi connectivity index (χ0v) is 19.8. The minimum Gasteiger partial charge on any atom is -0.507 e. The standard InChI is InChI=1S/C26H38N2O5/c1-3-4-5-6-7-15-24(31)28-27-17-16-21-18-23(30)19(2)11-8-9-12-20-13-10-14-22(29)25(20)26(32)33-21/h8-10,13-14,17,19,21,23,29-30H,3-7,11-12,15-16,18H2,1-2H3,(H,28,31)/b9-8+,27-17+. The Labute approximate surface area is 196 Å². The first kappa shape index (κ1) is 26.6. The van der Waals surface area contributed by atoms with Gasteiger partial charge in [-0.3, -0.25) is 4.79 Å². The molecule has 0 aliphatic carbocycles. The average Bonchev–Trinajstić information content (AvgIpc) is 2.78. The Bertz CT molecular complexity index is 821. The van der Waals surface area contributed by atoms with E-state index in [1.165, 1.54) is 18.7 Å². The van der Waals surface area contributed by atoms with Crippen LogP contribution in [0, 0.1) is 5.92 Å². The molecule has 3 unspecified atom stereocenters. The van der Waals surface area contributed by atoms with Crippen LogP contribution in [0.4, 0.5) is 0 Å². The van der Waals surface area contributed by atoms with Crippen molar-refractivity contribution in [3.8, 4) is 5.75 Å². The molecule has 33 heavy (non-hydrogen) atoms. The fourth-order valence-corrected chi connectivity index (χ4v) is 3.81. The molecule has 1 aliphatic heterocycles. The molecule has 0 saturated carbocycles. The van der Waals surface area contributed by atoms with Gasteiger partial charge in [-0.1, -0.05) is 63.8 Å². The van der Waals surface area contributed by atoms with Gasteiger partial charge >= 0.3 is 5.97 Å². The second-order valence-electron chi connectivity index (χ2n) is 8.78. The summed E-state index contributed by atoms with van der Waals surface area (Å²) in [6.07, 6.45) is 11.6. The zero-order chi connectivity index (χ0) is 24.1. The van der Waals surface area contributed by atoms with Crippen molar-refractivity contribution in [1.29, 1.82) is 0 Å². The van der Waals surface area contributed by atoms with E-state index in [1.807, 2.05) is 19.1 Å². The largest absolute Gasteiger partial charge is 0.507 e. The number of benzene rings is 1. The molecule has 0 radical (unpaired) electrons. The second kappa shape index (κ2) is 14.5. The van der Waals surface area contributed by atoms with Gasteiger partial charge in [0.05, 0.1) is 6.10 Å². The third-order valence-corrected chi connectivity index (χ3v) is 5.94. The molecular formula is C26H38N2O5. The van der Waals surface area contributed by atoms with Gasteiger partial charge in [0.15, 0.2) is 0 Å². The van der Waals surface area contributed by atoms with Crippen molar-refractivity contribution in [2.45, 2.75) is 90.3 Å². The quantitative estimate of drug-likeness (QED) is 0.164. The molecule has 2 rings (SSSR count). The summed E-state index contributed by atoms with van der Waals surface area (Å²) in [4.78, 5) is 24.8. The summed E-state index contributed by atoms with van der Waals surface area (Å²) in [6.45, 7) is 4.10. The molecule has 7 heteroatoms. The smallest absolute Gasteiger partial charge is 0.342 e. The van der Waals surface area contributed by atoms with Crippen LogP contribution in [0.5, 0.6) is 5.75 Å². The number of carbonyl (C=O) groups is 2. The molecule has 182 valence electrons. The van der Waals surface area contributed by atoms with Crippen molar-refractivity contribution in [1.82, 2.24) is 5.43 Å². The number of unbranched alkanes of at least 4 members (excludes halogenated alkanes) is 4. The van der Waals surface area contributed by atoms with Crippen LogP contribution in [-0.2, 0) is 16.0 Å². The number of rotatable bonds is 9. The van der Waals surface area contributed by atoms with Gasteiger partial charge in [-0.25, -0.2) is 10.2 Å². The van der Waals surface area contributed by atoms with E-state index >= 15 is 0 Å². The highest BCUT2D eigenvalue weighted by atomic mass is 16.5. The predicted octanol–water partition coefficient (Wildman–Crippen LogP) is 4.66. The maximum absolute atomic E-state index is 12.9. The van der Waals surface area contributed by atoms with Crippen LogP contribution in [0.2, 0.25) is 0 Å². The molecule has 0 spiro atoms. The Balaban J connectivity index is 2.00. The minimum absolute atomic E-state index is 0.00475.